The van der Waals surface area contributed by atoms with Crippen LogP contribution >= 0.6 is 0 Å². The SMILES string of the molecule is Cc1cc(NC(=O)CN(C)CCc2nc3ccc(F)cc3[nH]2)no1. The van der Waals surface area contributed by atoms with Crippen LogP contribution in [0, 0.1) is 12.7 Å². The monoisotopic (exact) mass is 331 g/mol. The second-order valence-electron chi connectivity index (χ2n) is 5.70. The van der Waals surface area contributed by atoms with E-state index in [9.17, 15) is 9.18 Å². The van der Waals surface area contributed by atoms with Gasteiger partial charge in [0.2, 0.25) is 5.91 Å². The Balaban J connectivity index is 1.50. The second-order valence-corrected chi connectivity index (χ2v) is 5.70. The number of carbonyl (C=O) groups is 1. The molecule has 0 bridgehead atoms. The zero-order chi connectivity index (χ0) is 17.1. The highest BCUT2D eigenvalue weighted by atomic mass is 19.1. The van der Waals surface area contributed by atoms with E-state index in [2.05, 4.69) is 20.4 Å². The van der Waals surface area contributed by atoms with Gasteiger partial charge in [0.15, 0.2) is 5.82 Å². The first-order chi connectivity index (χ1) is 11.5. The highest BCUT2D eigenvalue weighted by molar-refractivity contribution is 5.91. The van der Waals surface area contributed by atoms with Crippen LogP contribution in [-0.2, 0) is 11.2 Å². The lowest BCUT2D eigenvalue weighted by Crippen LogP contribution is -2.31. The highest BCUT2D eigenvalue weighted by Gasteiger charge is 2.10. The van der Waals surface area contributed by atoms with E-state index < -0.39 is 0 Å². The van der Waals surface area contributed by atoms with Gasteiger partial charge in [0.25, 0.3) is 0 Å². The number of halogens is 1. The van der Waals surface area contributed by atoms with E-state index >= 15 is 0 Å². The lowest BCUT2D eigenvalue weighted by Gasteiger charge is -2.14. The van der Waals surface area contributed by atoms with Crippen molar-refractivity contribution in [3.05, 3.63) is 41.7 Å². The van der Waals surface area contributed by atoms with Gasteiger partial charge in [-0.05, 0) is 32.2 Å². The number of aromatic amines is 1. The van der Waals surface area contributed by atoms with Crippen molar-refractivity contribution in [2.45, 2.75) is 13.3 Å². The number of likely N-dealkylation sites (N-methyl/N-ethyl adjacent to an activating group) is 1. The third-order valence-corrected chi connectivity index (χ3v) is 3.53. The van der Waals surface area contributed by atoms with Crippen LogP contribution in [-0.4, -0.2) is 46.1 Å². The Morgan fingerprint density at radius 2 is 2.25 bits per heavy atom. The van der Waals surface area contributed by atoms with Gasteiger partial charge in [0.1, 0.15) is 17.4 Å². The van der Waals surface area contributed by atoms with Gasteiger partial charge >= 0.3 is 0 Å². The Labute approximate surface area is 137 Å². The maximum atomic E-state index is 13.2. The van der Waals surface area contributed by atoms with Crippen molar-refractivity contribution in [3.63, 3.8) is 0 Å². The van der Waals surface area contributed by atoms with E-state index in [4.69, 9.17) is 4.52 Å². The Morgan fingerprint density at radius 3 is 3.00 bits per heavy atom. The number of fused-ring (bicyclic) bond motifs is 1. The molecule has 2 N–H and O–H groups in total. The minimum Gasteiger partial charge on any atom is -0.360 e. The van der Waals surface area contributed by atoms with Crippen LogP contribution in [0.15, 0.2) is 28.8 Å². The molecule has 0 saturated heterocycles. The number of hydrogen-bond acceptors (Lipinski definition) is 5. The van der Waals surface area contributed by atoms with Crippen molar-refractivity contribution >= 4 is 22.8 Å². The molecular formula is C16H18FN5O2. The molecule has 2 aromatic heterocycles. The molecule has 0 saturated carbocycles. The summed E-state index contributed by atoms with van der Waals surface area (Å²) in [6.45, 7) is 2.61. The van der Waals surface area contributed by atoms with Crippen LogP contribution in [0.1, 0.15) is 11.6 Å². The number of nitrogens with one attached hydrogen (secondary N) is 2. The zero-order valence-corrected chi connectivity index (χ0v) is 13.5. The summed E-state index contributed by atoms with van der Waals surface area (Å²) in [5, 5.41) is 6.39. The van der Waals surface area contributed by atoms with Crippen molar-refractivity contribution in [1.29, 1.82) is 0 Å². The van der Waals surface area contributed by atoms with Gasteiger partial charge in [-0.2, -0.15) is 0 Å². The number of aromatic nitrogens is 3. The summed E-state index contributed by atoms with van der Waals surface area (Å²) in [4.78, 5) is 21.3. The van der Waals surface area contributed by atoms with Crippen molar-refractivity contribution < 1.29 is 13.7 Å². The first-order valence-corrected chi connectivity index (χ1v) is 7.55. The Kier molecular flexibility index (Phi) is 4.57. The van der Waals surface area contributed by atoms with E-state index in [1.54, 1.807) is 19.1 Å². The normalized spacial score (nSPS) is 11.3. The van der Waals surface area contributed by atoms with Gasteiger partial charge in [0.05, 0.1) is 17.6 Å². The molecule has 0 aliphatic carbocycles. The molecule has 0 spiro atoms. The average Bonchev–Trinajstić information content (AvgIpc) is 3.10. The second kappa shape index (κ2) is 6.79. The minimum absolute atomic E-state index is 0.169. The van der Waals surface area contributed by atoms with Gasteiger partial charge in [0, 0.05) is 19.0 Å². The van der Waals surface area contributed by atoms with Crippen LogP contribution in [0.3, 0.4) is 0 Å². The van der Waals surface area contributed by atoms with Gasteiger partial charge < -0.3 is 14.8 Å². The number of amides is 1. The summed E-state index contributed by atoms with van der Waals surface area (Å²) in [6.07, 6.45) is 0.628. The maximum absolute atomic E-state index is 13.2. The summed E-state index contributed by atoms with van der Waals surface area (Å²) >= 11 is 0. The molecule has 2 heterocycles. The van der Waals surface area contributed by atoms with Gasteiger partial charge in [-0.3, -0.25) is 9.69 Å². The lowest BCUT2D eigenvalue weighted by atomic mass is 10.3. The van der Waals surface area contributed by atoms with Crippen molar-refractivity contribution in [2.24, 2.45) is 0 Å². The molecule has 8 heteroatoms. The number of carbonyl (C=O) groups excluding carboxylic acids is 1. The molecule has 3 rings (SSSR count). The number of benzene rings is 1. The van der Waals surface area contributed by atoms with E-state index in [0.717, 1.165) is 11.3 Å². The molecule has 24 heavy (non-hydrogen) atoms. The number of aryl methyl sites for hydroxylation is 1. The Hall–Kier alpha value is -2.74. The first kappa shape index (κ1) is 16.1. The third-order valence-electron chi connectivity index (χ3n) is 3.53. The van der Waals surface area contributed by atoms with E-state index in [0.29, 0.717) is 30.1 Å². The van der Waals surface area contributed by atoms with Crippen LogP contribution in [0.5, 0.6) is 0 Å². The minimum atomic E-state index is -0.297. The van der Waals surface area contributed by atoms with Crippen LogP contribution < -0.4 is 5.32 Å². The zero-order valence-electron chi connectivity index (χ0n) is 13.5. The molecule has 1 aromatic carbocycles. The highest BCUT2D eigenvalue weighted by Crippen LogP contribution is 2.13. The quantitative estimate of drug-likeness (QED) is 0.722. The molecular weight excluding hydrogens is 313 g/mol. The summed E-state index contributed by atoms with van der Waals surface area (Å²) in [5.74, 6) is 1.34. The summed E-state index contributed by atoms with van der Waals surface area (Å²) in [6, 6.07) is 6.10. The maximum Gasteiger partial charge on any atom is 0.239 e. The van der Waals surface area contributed by atoms with E-state index in [-0.39, 0.29) is 18.3 Å². The van der Waals surface area contributed by atoms with Crippen LogP contribution in [0.4, 0.5) is 10.2 Å². The fourth-order valence-electron chi connectivity index (χ4n) is 2.38. The molecule has 3 aromatic rings. The van der Waals surface area contributed by atoms with E-state index in [1.165, 1.54) is 12.1 Å². The standard InChI is InChI=1S/C16H18FN5O2/c1-10-7-15(21-24-10)20-16(23)9-22(2)6-5-14-18-12-4-3-11(17)8-13(12)19-14/h3-4,7-8H,5-6,9H2,1-2H3,(H,18,19)(H,20,21,23). The summed E-state index contributed by atoms with van der Waals surface area (Å²) in [5.41, 5.74) is 1.40. The van der Waals surface area contributed by atoms with Crippen molar-refractivity contribution in [3.8, 4) is 0 Å². The van der Waals surface area contributed by atoms with Gasteiger partial charge in [-0.1, -0.05) is 5.16 Å². The Morgan fingerprint density at radius 1 is 1.42 bits per heavy atom. The molecule has 7 nitrogen and oxygen atoms in total. The Bertz CT molecular complexity index is 857. The number of imidazole rings is 1. The van der Waals surface area contributed by atoms with Gasteiger partial charge in [-0.25, -0.2) is 9.37 Å². The fraction of sp³-hybridized carbons (Fsp3) is 0.312. The molecule has 126 valence electrons. The largest absolute Gasteiger partial charge is 0.360 e. The number of H-pyrrole nitrogens is 1. The van der Waals surface area contributed by atoms with Gasteiger partial charge in [-0.15, -0.1) is 0 Å². The molecule has 0 aliphatic heterocycles. The summed E-state index contributed by atoms with van der Waals surface area (Å²) in [7, 11) is 1.84. The number of rotatable bonds is 6. The number of nitrogens with zero attached hydrogens (tertiary/aromatic N) is 3. The van der Waals surface area contributed by atoms with Crippen molar-refractivity contribution in [1.82, 2.24) is 20.0 Å². The smallest absolute Gasteiger partial charge is 0.239 e. The average molecular weight is 331 g/mol. The fourth-order valence-corrected chi connectivity index (χ4v) is 2.38. The van der Waals surface area contributed by atoms with Crippen LogP contribution in [0.2, 0.25) is 0 Å². The molecule has 0 aliphatic rings. The van der Waals surface area contributed by atoms with E-state index in [1.807, 2.05) is 11.9 Å². The molecule has 0 fully saturated rings. The van der Waals surface area contributed by atoms with Crippen LogP contribution in [0.25, 0.3) is 11.0 Å². The topological polar surface area (TPSA) is 87.0 Å². The third kappa shape index (κ3) is 3.96. The molecule has 1 amide bonds. The molecule has 0 unspecified atom stereocenters. The molecule has 0 radical (unpaired) electrons. The summed E-state index contributed by atoms with van der Waals surface area (Å²) < 4.78 is 18.1. The number of anilines is 1. The molecule has 0 atom stereocenters. The predicted octanol–water partition coefficient (Wildman–Crippen LogP) is 2.11. The predicted molar refractivity (Wildman–Crippen MR) is 87.1 cm³/mol. The first-order valence-electron chi connectivity index (χ1n) is 7.55. The number of hydrogen-bond donors (Lipinski definition) is 2. The lowest BCUT2D eigenvalue weighted by molar-refractivity contribution is -0.117. The van der Waals surface area contributed by atoms with Crippen molar-refractivity contribution in [2.75, 3.05) is 25.5 Å².